The lowest BCUT2D eigenvalue weighted by Gasteiger charge is -2.43. The van der Waals surface area contributed by atoms with Crippen molar-refractivity contribution in [1.82, 2.24) is 4.90 Å². The maximum absolute atomic E-state index is 3.54. The first-order chi connectivity index (χ1) is 9.15. The maximum Gasteiger partial charge on any atom is 0.0393 e. The monoisotopic (exact) mass is 259 g/mol. The maximum atomic E-state index is 3.54. The molecule has 0 bridgehead atoms. The molecule has 3 nitrogen and oxygen atoms in total. The molecule has 0 spiro atoms. The van der Waals surface area contributed by atoms with Gasteiger partial charge >= 0.3 is 0 Å². The van der Waals surface area contributed by atoms with Crippen LogP contribution in [0.5, 0.6) is 0 Å². The van der Waals surface area contributed by atoms with Gasteiger partial charge < -0.3 is 10.2 Å². The number of nitrogens with zero attached hydrogens (tertiary/aromatic N) is 2. The molecular weight excluding hydrogens is 234 g/mol. The summed E-state index contributed by atoms with van der Waals surface area (Å²) in [6, 6.07) is 8.20. The Kier molecular flexibility index (Phi) is 3.40. The Morgan fingerprint density at radius 3 is 2.63 bits per heavy atom. The number of hydrogen-bond acceptors (Lipinski definition) is 3. The smallest absolute Gasteiger partial charge is 0.0393 e. The number of benzene rings is 1. The fraction of sp³-hybridized carbons (Fsp3) is 0.625. The molecule has 1 aromatic carbocycles. The van der Waals surface area contributed by atoms with Crippen molar-refractivity contribution in [3.63, 3.8) is 0 Å². The van der Waals surface area contributed by atoms with Gasteiger partial charge in [-0.25, -0.2) is 0 Å². The lowest BCUT2D eigenvalue weighted by Crippen LogP contribution is -2.55. The highest BCUT2D eigenvalue weighted by Crippen LogP contribution is 2.29. The van der Waals surface area contributed by atoms with Gasteiger partial charge in [-0.15, -0.1) is 0 Å². The molecule has 1 aromatic rings. The summed E-state index contributed by atoms with van der Waals surface area (Å²) in [7, 11) is 2.24. The van der Waals surface area contributed by atoms with Crippen molar-refractivity contribution in [3.05, 3.63) is 23.8 Å². The highest BCUT2D eigenvalue weighted by Gasteiger charge is 2.26. The van der Waals surface area contributed by atoms with E-state index in [4.69, 9.17) is 0 Å². The van der Waals surface area contributed by atoms with E-state index in [-0.39, 0.29) is 0 Å². The summed E-state index contributed by atoms with van der Waals surface area (Å²) in [6.45, 7) is 8.00. The minimum absolute atomic E-state index is 0.618. The van der Waals surface area contributed by atoms with E-state index >= 15 is 0 Å². The SMILES string of the molecule is CC1CN(c2ccc3c(c2)NCCC3)CC(C)N1C. The second-order valence-electron chi connectivity index (χ2n) is 6.14. The van der Waals surface area contributed by atoms with Gasteiger partial charge in [-0.05, 0) is 51.4 Å². The summed E-state index contributed by atoms with van der Waals surface area (Å²) >= 11 is 0. The summed E-state index contributed by atoms with van der Waals surface area (Å²) in [5.41, 5.74) is 4.20. The van der Waals surface area contributed by atoms with Crippen LogP contribution in [-0.2, 0) is 6.42 Å². The number of aryl methyl sites for hydroxylation is 1. The van der Waals surface area contributed by atoms with E-state index in [0.717, 1.165) is 19.6 Å². The topological polar surface area (TPSA) is 18.5 Å². The average molecular weight is 259 g/mol. The Labute approximate surface area is 116 Å². The summed E-state index contributed by atoms with van der Waals surface area (Å²) in [6.07, 6.45) is 2.48. The molecule has 104 valence electrons. The first kappa shape index (κ1) is 12.8. The van der Waals surface area contributed by atoms with Gasteiger partial charge in [0.1, 0.15) is 0 Å². The van der Waals surface area contributed by atoms with Crippen LogP contribution >= 0.6 is 0 Å². The quantitative estimate of drug-likeness (QED) is 0.836. The third-order valence-electron chi connectivity index (χ3n) is 4.76. The molecule has 0 amide bonds. The van der Waals surface area contributed by atoms with Crippen LogP contribution in [0.1, 0.15) is 25.8 Å². The number of piperazine rings is 1. The zero-order chi connectivity index (χ0) is 13.4. The lowest BCUT2D eigenvalue weighted by molar-refractivity contribution is 0.170. The van der Waals surface area contributed by atoms with Crippen LogP contribution in [0.2, 0.25) is 0 Å². The zero-order valence-corrected chi connectivity index (χ0v) is 12.3. The van der Waals surface area contributed by atoms with Crippen molar-refractivity contribution in [2.75, 3.05) is 36.9 Å². The van der Waals surface area contributed by atoms with Gasteiger partial charge in [-0.3, -0.25) is 4.90 Å². The molecule has 2 heterocycles. The van der Waals surface area contributed by atoms with E-state index < -0.39 is 0 Å². The second kappa shape index (κ2) is 5.04. The van der Waals surface area contributed by atoms with Crippen molar-refractivity contribution in [3.8, 4) is 0 Å². The highest BCUT2D eigenvalue weighted by atomic mass is 15.3. The fourth-order valence-electron chi connectivity index (χ4n) is 3.26. The van der Waals surface area contributed by atoms with Crippen LogP contribution in [0, 0.1) is 0 Å². The molecule has 2 aliphatic heterocycles. The molecule has 0 aromatic heterocycles. The Balaban J connectivity index is 1.82. The second-order valence-corrected chi connectivity index (χ2v) is 6.14. The van der Waals surface area contributed by atoms with Crippen LogP contribution in [0.4, 0.5) is 11.4 Å². The van der Waals surface area contributed by atoms with Gasteiger partial charge in [-0.2, -0.15) is 0 Å². The van der Waals surface area contributed by atoms with Gasteiger partial charge in [-0.1, -0.05) is 6.07 Å². The normalized spacial score (nSPS) is 27.8. The lowest BCUT2D eigenvalue weighted by atomic mass is 10.0. The van der Waals surface area contributed by atoms with Gasteiger partial charge in [0.25, 0.3) is 0 Å². The van der Waals surface area contributed by atoms with E-state index in [0.29, 0.717) is 12.1 Å². The van der Waals surface area contributed by atoms with Crippen LogP contribution in [0.3, 0.4) is 0 Å². The molecule has 2 atom stereocenters. The van der Waals surface area contributed by atoms with E-state index in [2.05, 4.69) is 54.2 Å². The van der Waals surface area contributed by atoms with Crippen molar-refractivity contribution in [2.24, 2.45) is 0 Å². The third-order valence-corrected chi connectivity index (χ3v) is 4.76. The summed E-state index contributed by atoms with van der Waals surface area (Å²) < 4.78 is 0. The van der Waals surface area contributed by atoms with Crippen molar-refractivity contribution in [1.29, 1.82) is 0 Å². The summed E-state index contributed by atoms with van der Waals surface area (Å²) in [5, 5.41) is 3.54. The minimum atomic E-state index is 0.618. The first-order valence-corrected chi connectivity index (χ1v) is 7.49. The van der Waals surface area contributed by atoms with Gasteiger partial charge in [0, 0.05) is 43.1 Å². The van der Waals surface area contributed by atoms with Crippen molar-refractivity contribution < 1.29 is 0 Å². The molecular formula is C16H25N3. The Bertz CT molecular complexity index is 445. The molecule has 2 aliphatic rings. The van der Waals surface area contributed by atoms with Gasteiger partial charge in [0.2, 0.25) is 0 Å². The predicted octanol–water partition coefficient (Wildman–Crippen LogP) is 2.57. The summed E-state index contributed by atoms with van der Waals surface area (Å²) in [4.78, 5) is 5.01. The molecule has 0 saturated carbocycles. The first-order valence-electron chi connectivity index (χ1n) is 7.49. The third kappa shape index (κ3) is 2.44. The Morgan fingerprint density at radius 2 is 1.89 bits per heavy atom. The fourth-order valence-corrected chi connectivity index (χ4v) is 3.26. The number of hydrogen-bond donors (Lipinski definition) is 1. The van der Waals surface area contributed by atoms with Crippen molar-refractivity contribution in [2.45, 2.75) is 38.8 Å². The van der Waals surface area contributed by atoms with Gasteiger partial charge in [0.15, 0.2) is 0 Å². The Morgan fingerprint density at radius 1 is 1.16 bits per heavy atom. The molecule has 1 saturated heterocycles. The van der Waals surface area contributed by atoms with Crippen LogP contribution in [0.15, 0.2) is 18.2 Å². The largest absolute Gasteiger partial charge is 0.385 e. The zero-order valence-electron chi connectivity index (χ0n) is 12.3. The molecule has 3 heteroatoms. The predicted molar refractivity (Wildman–Crippen MR) is 82.2 cm³/mol. The molecule has 3 rings (SSSR count). The molecule has 0 radical (unpaired) electrons. The number of anilines is 2. The van der Waals surface area contributed by atoms with Crippen LogP contribution in [0.25, 0.3) is 0 Å². The van der Waals surface area contributed by atoms with E-state index in [9.17, 15) is 0 Å². The average Bonchev–Trinajstić information content (AvgIpc) is 2.43. The van der Waals surface area contributed by atoms with E-state index in [1.165, 1.54) is 29.8 Å². The number of rotatable bonds is 1. The van der Waals surface area contributed by atoms with Crippen LogP contribution < -0.4 is 10.2 Å². The standard InChI is InChI=1S/C16H25N3/c1-12-10-19(11-13(2)18(12)3)15-7-6-14-5-4-8-17-16(14)9-15/h6-7,9,12-13,17H,4-5,8,10-11H2,1-3H3. The number of likely N-dealkylation sites (N-methyl/N-ethyl adjacent to an activating group) is 1. The van der Waals surface area contributed by atoms with Crippen molar-refractivity contribution >= 4 is 11.4 Å². The molecule has 1 N–H and O–H groups in total. The number of nitrogens with one attached hydrogen (secondary N) is 1. The highest BCUT2D eigenvalue weighted by molar-refractivity contribution is 5.63. The number of fused-ring (bicyclic) bond motifs is 1. The van der Waals surface area contributed by atoms with Gasteiger partial charge in [0.05, 0.1) is 0 Å². The van der Waals surface area contributed by atoms with E-state index in [1.54, 1.807) is 0 Å². The minimum Gasteiger partial charge on any atom is -0.385 e. The van der Waals surface area contributed by atoms with Crippen LogP contribution in [-0.4, -0.2) is 43.7 Å². The summed E-state index contributed by atoms with van der Waals surface area (Å²) in [5.74, 6) is 0. The molecule has 1 fully saturated rings. The molecule has 2 unspecified atom stereocenters. The molecule has 19 heavy (non-hydrogen) atoms. The molecule has 0 aliphatic carbocycles. The van der Waals surface area contributed by atoms with E-state index in [1.807, 2.05) is 0 Å². The Hall–Kier alpha value is -1.22.